The van der Waals surface area contributed by atoms with Gasteiger partial charge in [0.05, 0.1) is 24.1 Å². The summed E-state index contributed by atoms with van der Waals surface area (Å²) in [5, 5.41) is 42.0. The van der Waals surface area contributed by atoms with Crippen molar-refractivity contribution >= 4 is 35.7 Å². The van der Waals surface area contributed by atoms with E-state index < -0.39 is 9.85 Å². The van der Waals surface area contributed by atoms with Gasteiger partial charge >= 0.3 is 0 Å². The van der Waals surface area contributed by atoms with Gasteiger partial charge in [-0.1, -0.05) is 62.4 Å². The number of nitro groups is 2. The number of hydrogen-bond donors (Lipinski definition) is 2. The highest BCUT2D eigenvalue weighted by molar-refractivity contribution is 5.79. The maximum atomic E-state index is 11.4. The lowest BCUT2D eigenvalue weighted by atomic mass is 9.96. The summed E-state index contributed by atoms with van der Waals surface area (Å²) in [7, 11) is 3.17. The summed E-state index contributed by atoms with van der Waals surface area (Å²) >= 11 is 0. The van der Waals surface area contributed by atoms with Crippen LogP contribution in [0, 0.1) is 20.2 Å². The van der Waals surface area contributed by atoms with E-state index >= 15 is 0 Å². The van der Waals surface area contributed by atoms with E-state index in [1.807, 2.05) is 60.7 Å². The molecular formula is C36H36N2O8. The molecular weight excluding hydrogens is 588 g/mol. The van der Waals surface area contributed by atoms with Crippen LogP contribution in [0.5, 0.6) is 11.5 Å². The van der Waals surface area contributed by atoms with Gasteiger partial charge in [-0.25, -0.2) is 0 Å². The molecule has 0 saturated carbocycles. The molecule has 2 atom stereocenters. The van der Waals surface area contributed by atoms with Crippen LogP contribution in [0.15, 0.2) is 72.8 Å². The zero-order valence-corrected chi connectivity index (χ0v) is 26.0. The lowest BCUT2D eigenvalue weighted by molar-refractivity contribution is -0.385. The minimum absolute atomic E-state index is 0.0225. The molecule has 4 aromatic rings. The predicted octanol–water partition coefficient (Wildman–Crippen LogP) is 7.72. The van der Waals surface area contributed by atoms with Crippen LogP contribution < -0.4 is 9.47 Å². The van der Waals surface area contributed by atoms with Crippen molar-refractivity contribution in [1.29, 1.82) is 0 Å². The highest BCUT2D eigenvalue weighted by Crippen LogP contribution is 2.34. The van der Waals surface area contributed by atoms with Crippen LogP contribution in [0.1, 0.15) is 59.1 Å². The van der Waals surface area contributed by atoms with Gasteiger partial charge in [-0.15, -0.1) is 0 Å². The molecule has 0 aliphatic rings. The number of hydrogen-bond acceptors (Lipinski definition) is 8. The Morgan fingerprint density at radius 3 is 1.35 bits per heavy atom. The molecule has 0 heterocycles. The summed E-state index contributed by atoms with van der Waals surface area (Å²) in [4.78, 5) is 22.0. The summed E-state index contributed by atoms with van der Waals surface area (Å²) < 4.78 is 11.4. The maximum absolute atomic E-state index is 11.4. The number of nitro benzene ring substituents is 2. The third-order valence-electron chi connectivity index (χ3n) is 7.82. The molecule has 46 heavy (non-hydrogen) atoms. The first-order chi connectivity index (χ1) is 22.1. The Labute approximate surface area is 267 Å². The third-order valence-corrected chi connectivity index (χ3v) is 7.82. The number of aliphatic hydroxyl groups excluding tert-OH is 2. The monoisotopic (exact) mass is 624 g/mol. The fourth-order valence-corrected chi connectivity index (χ4v) is 5.10. The lowest BCUT2D eigenvalue weighted by Crippen LogP contribution is -2.03. The van der Waals surface area contributed by atoms with Crippen LogP contribution in [0.2, 0.25) is 0 Å². The molecule has 0 spiro atoms. The number of methoxy groups -OCH3 is 2. The summed E-state index contributed by atoms with van der Waals surface area (Å²) in [5.41, 5.74) is 5.83. The van der Waals surface area contributed by atoms with Crippen LogP contribution in [0.25, 0.3) is 35.4 Å². The van der Waals surface area contributed by atoms with Gasteiger partial charge in [0.15, 0.2) is 0 Å². The second kappa shape index (κ2) is 15.1. The molecule has 2 N–H and O–H groups in total. The molecule has 4 rings (SSSR count). The Bertz CT molecular complexity index is 1670. The molecule has 238 valence electrons. The zero-order chi connectivity index (χ0) is 33.4. The smallest absolute Gasteiger partial charge is 0.272 e. The van der Waals surface area contributed by atoms with Crippen molar-refractivity contribution in [3.8, 4) is 22.6 Å². The van der Waals surface area contributed by atoms with Crippen molar-refractivity contribution in [2.45, 2.75) is 25.7 Å². The van der Waals surface area contributed by atoms with Gasteiger partial charge in [0.25, 0.3) is 11.4 Å². The average Bonchev–Trinajstić information content (AvgIpc) is 3.08. The predicted molar refractivity (Wildman–Crippen MR) is 180 cm³/mol. The molecule has 0 radical (unpaired) electrons. The van der Waals surface area contributed by atoms with Crippen LogP contribution in [0.3, 0.4) is 0 Å². The topological polar surface area (TPSA) is 145 Å². The first-order valence-corrected chi connectivity index (χ1v) is 14.6. The summed E-state index contributed by atoms with van der Waals surface area (Å²) in [6.07, 6.45) is 7.43. The van der Waals surface area contributed by atoms with Gasteiger partial charge in [-0.05, 0) is 58.7 Å². The van der Waals surface area contributed by atoms with E-state index in [1.165, 1.54) is 12.1 Å². The zero-order valence-electron chi connectivity index (χ0n) is 26.0. The minimum Gasteiger partial charge on any atom is -0.496 e. The third kappa shape index (κ3) is 7.66. The second-order valence-electron chi connectivity index (χ2n) is 10.9. The van der Waals surface area contributed by atoms with Gasteiger partial charge < -0.3 is 19.7 Å². The number of benzene rings is 4. The molecule has 0 saturated heterocycles. The van der Waals surface area contributed by atoms with Crippen molar-refractivity contribution in [2.24, 2.45) is 0 Å². The van der Waals surface area contributed by atoms with Crippen molar-refractivity contribution in [2.75, 3.05) is 27.4 Å². The number of rotatable bonds is 13. The average molecular weight is 625 g/mol. The molecule has 0 aromatic heterocycles. The van der Waals surface area contributed by atoms with Crippen LogP contribution in [-0.2, 0) is 0 Å². The Hall–Kier alpha value is -5.32. The molecule has 4 aromatic carbocycles. The molecule has 0 fully saturated rings. The number of ether oxygens (including phenoxy) is 2. The van der Waals surface area contributed by atoms with E-state index in [-0.39, 0.29) is 36.4 Å². The molecule has 0 bridgehead atoms. The van der Waals surface area contributed by atoms with E-state index in [2.05, 4.69) is 0 Å². The summed E-state index contributed by atoms with van der Waals surface area (Å²) in [6, 6.07) is 21.3. The first-order valence-electron chi connectivity index (χ1n) is 14.6. The normalized spacial score (nSPS) is 12.7. The van der Waals surface area contributed by atoms with Gasteiger partial charge in [-0.2, -0.15) is 0 Å². The van der Waals surface area contributed by atoms with Crippen molar-refractivity contribution in [3.05, 3.63) is 126 Å². The Balaban J connectivity index is 1.59. The van der Waals surface area contributed by atoms with E-state index in [0.717, 1.165) is 33.4 Å². The molecule has 10 nitrogen and oxygen atoms in total. The first kappa shape index (κ1) is 33.6. The molecule has 0 aliphatic heterocycles. The van der Waals surface area contributed by atoms with Crippen LogP contribution >= 0.6 is 0 Å². The molecule has 0 amide bonds. The van der Waals surface area contributed by atoms with Crippen molar-refractivity contribution < 1.29 is 29.5 Å². The van der Waals surface area contributed by atoms with Crippen LogP contribution in [0.4, 0.5) is 11.4 Å². The van der Waals surface area contributed by atoms with Gasteiger partial charge in [0, 0.05) is 59.4 Å². The fraction of sp³-hybridized carbons (Fsp3) is 0.222. The largest absolute Gasteiger partial charge is 0.496 e. The van der Waals surface area contributed by atoms with E-state index in [9.17, 15) is 30.4 Å². The highest BCUT2D eigenvalue weighted by atomic mass is 16.6. The fourth-order valence-electron chi connectivity index (χ4n) is 5.10. The van der Waals surface area contributed by atoms with Gasteiger partial charge in [0.1, 0.15) is 11.5 Å². The second-order valence-corrected chi connectivity index (χ2v) is 10.9. The number of nitrogens with zero attached hydrogens (tertiary/aromatic N) is 2. The maximum Gasteiger partial charge on any atom is 0.272 e. The van der Waals surface area contributed by atoms with Crippen LogP contribution in [-0.4, -0.2) is 47.5 Å². The summed E-state index contributed by atoms with van der Waals surface area (Å²) in [5.74, 6) is 0.511. The van der Waals surface area contributed by atoms with E-state index in [1.54, 1.807) is 52.3 Å². The van der Waals surface area contributed by atoms with Crippen molar-refractivity contribution in [3.63, 3.8) is 0 Å². The molecule has 2 unspecified atom stereocenters. The summed E-state index contributed by atoms with van der Waals surface area (Å²) in [6.45, 7) is 3.09. The van der Waals surface area contributed by atoms with Gasteiger partial charge in [0.2, 0.25) is 0 Å². The minimum atomic E-state index is -0.441. The highest BCUT2D eigenvalue weighted by Gasteiger charge is 2.20. The Morgan fingerprint density at radius 2 is 1.02 bits per heavy atom. The Kier molecular flexibility index (Phi) is 11.0. The lowest BCUT2D eigenvalue weighted by Gasteiger charge is -2.12. The van der Waals surface area contributed by atoms with Gasteiger partial charge in [-0.3, -0.25) is 20.2 Å². The van der Waals surface area contributed by atoms with Crippen molar-refractivity contribution in [1.82, 2.24) is 0 Å². The quantitative estimate of drug-likeness (QED) is 0.0874. The SMILES string of the molecule is COc1cc(-c2ccc(/C=C/c3ccc([N+](=O)[O-])c(C(C)CO)c3)c(OC)c2)ccc1/C=C/c1ccc([N+](=O)[O-])c(C(C)CO)c1. The molecule has 0 aliphatic carbocycles. The molecule has 10 heteroatoms. The Morgan fingerprint density at radius 1 is 0.630 bits per heavy atom. The van der Waals surface area contributed by atoms with E-state index in [0.29, 0.717) is 22.6 Å². The number of aliphatic hydroxyl groups is 2. The standard InChI is InChI=1S/C36H36N2O8/c1-23(21-39)31-17-25(7-15-33(31)37(41)42)5-9-27-11-13-29(19-35(27)45-3)30-14-12-28(36(20-30)46-4)10-6-26-8-16-34(38(43)44)32(18-26)24(2)22-40/h5-20,23-24,39-40H,21-22H2,1-4H3/b9-5+,10-6+. The van der Waals surface area contributed by atoms with E-state index in [4.69, 9.17) is 9.47 Å².